The number of anilines is 1. The summed E-state index contributed by atoms with van der Waals surface area (Å²) in [6.45, 7) is 4.53. The van der Waals surface area contributed by atoms with Crippen LogP contribution in [0.25, 0.3) is 0 Å². The van der Waals surface area contributed by atoms with Crippen LogP contribution in [0.15, 0.2) is 42.5 Å². The maximum atomic E-state index is 5.81. The number of ether oxygens (including phenoxy) is 2. The van der Waals surface area contributed by atoms with Gasteiger partial charge in [0.1, 0.15) is 17.2 Å². The molecule has 0 aliphatic heterocycles. The maximum absolute atomic E-state index is 5.81. The highest BCUT2D eigenvalue weighted by Gasteiger charge is 2.04. The van der Waals surface area contributed by atoms with E-state index >= 15 is 0 Å². The normalized spacial score (nSPS) is 10.1. The summed E-state index contributed by atoms with van der Waals surface area (Å²) in [5.74, 6) is 2.18. The fourth-order valence-electron chi connectivity index (χ4n) is 1.67. The third-order valence-electron chi connectivity index (χ3n) is 2.51. The summed E-state index contributed by atoms with van der Waals surface area (Å²) in [7, 11) is 0. The molecular weight excluding hydrogens is 226 g/mol. The minimum atomic E-state index is 0.581. The molecule has 0 aromatic heterocycles. The molecule has 3 heteroatoms. The average molecular weight is 243 g/mol. The molecule has 0 bridgehead atoms. The van der Waals surface area contributed by atoms with Gasteiger partial charge in [0.05, 0.1) is 12.3 Å². The molecule has 3 nitrogen and oxygen atoms in total. The van der Waals surface area contributed by atoms with Crippen molar-refractivity contribution in [1.29, 1.82) is 0 Å². The fraction of sp³-hybridized carbons (Fsp3) is 0.200. The van der Waals surface area contributed by atoms with Gasteiger partial charge in [0.25, 0.3) is 0 Å². The molecule has 2 aromatic rings. The minimum absolute atomic E-state index is 0.581. The van der Waals surface area contributed by atoms with Crippen molar-refractivity contribution in [3.05, 3.63) is 48.0 Å². The first-order valence-electron chi connectivity index (χ1n) is 5.96. The Hall–Kier alpha value is -2.16. The Kier molecular flexibility index (Phi) is 3.72. The summed E-state index contributed by atoms with van der Waals surface area (Å²) in [6, 6.07) is 13.3. The van der Waals surface area contributed by atoms with Crippen LogP contribution in [0.4, 0.5) is 5.69 Å². The highest BCUT2D eigenvalue weighted by molar-refractivity contribution is 5.56. The molecule has 0 saturated heterocycles. The topological polar surface area (TPSA) is 44.5 Å². The summed E-state index contributed by atoms with van der Waals surface area (Å²) >= 11 is 0. The van der Waals surface area contributed by atoms with Crippen molar-refractivity contribution in [3.63, 3.8) is 0 Å². The van der Waals surface area contributed by atoms with Crippen LogP contribution in [-0.2, 0) is 0 Å². The van der Waals surface area contributed by atoms with Gasteiger partial charge in [0.15, 0.2) is 0 Å². The van der Waals surface area contributed by atoms with E-state index in [1.807, 2.05) is 44.2 Å². The van der Waals surface area contributed by atoms with Gasteiger partial charge < -0.3 is 15.2 Å². The molecule has 0 atom stereocenters. The lowest BCUT2D eigenvalue weighted by molar-refractivity contribution is 0.340. The van der Waals surface area contributed by atoms with Crippen LogP contribution in [0.1, 0.15) is 12.5 Å². The third kappa shape index (κ3) is 2.94. The van der Waals surface area contributed by atoms with Crippen molar-refractivity contribution in [2.45, 2.75) is 13.8 Å². The number of nitrogens with two attached hydrogens (primary N) is 1. The summed E-state index contributed by atoms with van der Waals surface area (Å²) in [6.07, 6.45) is 0. The standard InChI is InChI=1S/C15H17NO2/c1-3-17-15-10-13(7-8-14(15)16)18-12-6-4-5-11(2)9-12/h4-10H,3,16H2,1-2H3. The van der Waals surface area contributed by atoms with Crippen LogP contribution >= 0.6 is 0 Å². The first-order valence-corrected chi connectivity index (χ1v) is 5.96. The zero-order chi connectivity index (χ0) is 13.0. The molecule has 0 amide bonds. The predicted molar refractivity (Wildman–Crippen MR) is 73.3 cm³/mol. The molecule has 2 N–H and O–H groups in total. The lowest BCUT2D eigenvalue weighted by Crippen LogP contribution is -1.97. The smallest absolute Gasteiger partial charge is 0.145 e. The predicted octanol–water partition coefficient (Wildman–Crippen LogP) is 3.77. The van der Waals surface area contributed by atoms with E-state index in [0.29, 0.717) is 18.0 Å². The second-order valence-electron chi connectivity index (χ2n) is 4.05. The van der Waals surface area contributed by atoms with E-state index in [9.17, 15) is 0 Å². The molecule has 0 saturated carbocycles. The summed E-state index contributed by atoms with van der Waals surface area (Å²) in [5, 5.41) is 0. The Labute approximate surface area is 107 Å². The molecule has 94 valence electrons. The molecular formula is C15H17NO2. The van der Waals surface area contributed by atoms with Crippen molar-refractivity contribution < 1.29 is 9.47 Å². The monoisotopic (exact) mass is 243 g/mol. The second kappa shape index (κ2) is 5.45. The largest absolute Gasteiger partial charge is 0.492 e. The molecule has 0 unspecified atom stereocenters. The van der Waals surface area contributed by atoms with E-state index in [1.54, 1.807) is 12.1 Å². The molecule has 0 aliphatic rings. The van der Waals surface area contributed by atoms with Gasteiger partial charge in [0, 0.05) is 6.07 Å². The van der Waals surface area contributed by atoms with Crippen LogP contribution in [-0.4, -0.2) is 6.61 Å². The molecule has 18 heavy (non-hydrogen) atoms. The van der Waals surface area contributed by atoms with Crippen molar-refractivity contribution in [1.82, 2.24) is 0 Å². The van der Waals surface area contributed by atoms with Gasteiger partial charge in [-0.25, -0.2) is 0 Å². The number of benzene rings is 2. The van der Waals surface area contributed by atoms with Crippen molar-refractivity contribution in [2.75, 3.05) is 12.3 Å². The van der Waals surface area contributed by atoms with E-state index in [4.69, 9.17) is 15.2 Å². The highest BCUT2D eigenvalue weighted by Crippen LogP contribution is 2.30. The van der Waals surface area contributed by atoms with E-state index < -0.39 is 0 Å². The molecule has 0 fully saturated rings. The van der Waals surface area contributed by atoms with Crippen LogP contribution in [0.5, 0.6) is 17.2 Å². The highest BCUT2D eigenvalue weighted by atomic mass is 16.5. The number of rotatable bonds is 4. The van der Waals surface area contributed by atoms with Gasteiger partial charge in [0.2, 0.25) is 0 Å². The summed E-state index contributed by atoms with van der Waals surface area (Å²) < 4.78 is 11.2. The first kappa shape index (κ1) is 12.3. The molecule has 0 heterocycles. The minimum Gasteiger partial charge on any atom is -0.492 e. The zero-order valence-corrected chi connectivity index (χ0v) is 10.6. The quantitative estimate of drug-likeness (QED) is 0.831. The Balaban J connectivity index is 2.21. The van der Waals surface area contributed by atoms with E-state index in [1.165, 1.54) is 0 Å². The number of aryl methyl sites for hydroxylation is 1. The molecule has 2 aromatic carbocycles. The van der Waals surface area contributed by atoms with Crippen molar-refractivity contribution in [3.8, 4) is 17.2 Å². The maximum Gasteiger partial charge on any atom is 0.145 e. The van der Waals surface area contributed by atoms with Gasteiger partial charge in [-0.2, -0.15) is 0 Å². The number of hydrogen-bond donors (Lipinski definition) is 1. The Morgan fingerprint density at radius 2 is 1.83 bits per heavy atom. The Morgan fingerprint density at radius 3 is 2.56 bits per heavy atom. The van der Waals surface area contributed by atoms with Gasteiger partial charge >= 0.3 is 0 Å². The lowest BCUT2D eigenvalue weighted by atomic mass is 10.2. The first-order chi connectivity index (χ1) is 8.69. The van der Waals surface area contributed by atoms with Crippen LogP contribution in [0, 0.1) is 6.92 Å². The SMILES string of the molecule is CCOc1cc(Oc2cccc(C)c2)ccc1N. The van der Waals surface area contributed by atoms with Crippen molar-refractivity contribution in [2.24, 2.45) is 0 Å². The van der Waals surface area contributed by atoms with Gasteiger partial charge in [-0.15, -0.1) is 0 Å². The average Bonchev–Trinajstić information content (AvgIpc) is 2.34. The van der Waals surface area contributed by atoms with Gasteiger partial charge in [-0.1, -0.05) is 12.1 Å². The van der Waals surface area contributed by atoms with Crippen molar-refractivity contribution >= 4 is 5.69 Å². The van der Waals surface area contributed by atoms with Gasteiger partial charge in [-0.3, -0.25) is 0 Å². The van der Waals surface area contributed by atoms with E-state index in [0.717, 1.165) is 17.1 Å². The zero-order valence-electron chi connectivity index (χ0n) is 10.6. The van der Waals surface area contributed by atoms with Crippen LogP contribution < -0.4 is 15.2 Å². The molecule has 0 aliphatic carbocycles. The van der Waals surface area contributed by atoms with Crippen LogP contribution in [0.3, 0.4) is 0 Å². The van der Waals surface area contributed by atoms with E-state index in [2.05, 4.69) is 0 Å². The van der Waals surface area contributed by atoms with Crippen LogP contribution in [0.2, 0.25) is 0 Å². The van der Waals surface area contributed by atoms with E-state index in [-0.39, 0.29) is 0 Å². The molecule has 0 spiro atoms. The van der Waals surface area contributed by atoms with Gasteiger partial charge in [-0.05, 0) is 43.7 Å². The summed E-state index contributed by atoms with van der Waals surface area (Å²) in [5.41, 5.74) is 7.59. The Morgan fingerprint density at radius 1 is 1.06 bits per heavy atom. The number of nitrogen functional groups attached to an aromatic ring is 1. The second-order valence-corrected chi connectivity index (χ2v) is 4.05. The third-order valence-corrected chi connectivity index (χ3v) is 2.51. The summed E-state index contributed by atoms with van der Waals surface area (Å²) in [4.78, 5) is 0. The Bertz CT molecular complexity index is 538. The number of hydrogen-bond acceptors (Lipinski definition) is 3. The lowest BCUT2D eigenvalue weighted by Gasteiger charge is -2.10. The molecule has 0 radical (unpaired) electrons. The fourth-order valence-corrected chi connectivity index (χ4v) is 1.67. The molecule has 2 rings (SSSR count).